The molecule has 2 aromatic heterocycles. The molecule has 0 aliphatic heterocycles. The Hall–Kier alpha value is -2.96. The van der Waals surface area contributed by atoms with Gasteiger partial charge in [0.15, 0.2) is 0 Å². The highest BCUT2D eigenvalue weighted by atomic mass is 19.1. The monoisotopic (exact) mass is 356 g/mol. The molecule has 0 saturated carbocycles. The zero-order valence-electron chi connectivity index (χ0n) is 15.0. The molecule has 0 bridgehead atoms. The average Bonchev–Trinajstić information content (AvgIpc) is 3.16. The summed E-state index contributed by atoms with van der Waals surface area (Å²) in [5.74, 6) is 0.858. The lowest BCUT2D eigenvalue weighted by molar-refractivity contribution is -0.121. The number of carbonyl (C=O) groups is 1. The van der Waals surface area contributed by atoms with E-state index < -0.39 is 6.04 Å². The van der Waals surface area contributed by atoms with E-state index in [1.165, 1.54) is 12.1 Å². The summed E-state index contributed by atoms with van der Waals surface area (Å²) in [6.45, 7) is 3.68. The Kier molecular flexibility index (Phi) is 5.16. The molecular formula is C19H21FN4O2. The molecule has 1 unspecified atom stereocenters. The maximum atomic E-state index is 13.7. The van der Waals surface area contributed by atoms with Crippen molar-refractivity contribution >= 4 is 5.91 Å². The molecule has 2 heterocycles. The zero-order chi connectivity index (χ0) is 18.7. The van der Waals surface area contributed by atoms with Gasteiger partial charge in [-0.15, -0.1) is 0 Å². The van der Waals surface area contributed by atoms with E-state index >= 15 is 0 Å². The molecular weight excluding hydrogens is 335 g/mol. The number of carbonyl (C=O) groups excluding carboxylic acids is 1. The second-order valence-electron chi connectivity index (χ2n) is 6.25. The van der Waals surface area contributed by atoms with E-state index in [4.69, 9.17) is 4.52 Å². The predicted octanol–water partition coefficient (Wildman–Crippen LogP) is 3.00. The van der Waals surface area contributed by atoms with Gasteiger partial charge in [0.2, 0.25) is 5.91 Å². The van der Waals surface area contributed by atoms with Crippen LogP contribution in [0.3, 0.4) is 0 Å². The molecule has 3 rings (SSSR count). The standard InChI is InChI=1S/C19H21FN4O2/c1-12-16(13(2)26-23-12)7-8-17(25)22-18(19-21-9-10-24(19)3)14-5-4-6-15(20)11-14/h4-6,9-11,18H,7-8H2,1-3H3,(H,22,25). The molecule has 7 heteroatoms. The number of halogens is 1. The molecule has 0 aliphatic rings. The van der Waals surface area contributed by atoms with E-state index in [-0.39, 0.29) is 18.1 Å². The van der Waals surface area contributed by atoms with Crippen LogP contribution in [0.5, 0.6) is 0 Å². The number of nitrogens with one attached hydrogen (secondary N) is 1. The Bertz CT molecular complexity index is 896. The first-order valence-electron chi connectivity index (χ1n) is 8.39. The molecule has 0 radical (unpaired) electrons. The van der Waals surface area contributed by atoms with Gasteiger partial charge in [-0.1, -0.05) is 17.3 Å². The number of amides is 1. The van der Waals surface area contributed by atoms with Crippen molar-refractivity contribution in [2.45, 2.75) is 32.7 Å². The van der Waals surface area contributed by atoms with Crippen LogP contribution in [0, 0.1) is 19.7 Å². The van der Waals surface area contributed by atoms with Crippen molar-refractivity contribution in [2.75, 3.05) is 0 Å². The summed E-state index contributed by atoms with van der Waals surface area (Å²) < 4.78 is 20.6. The molecule has 1 N–H and O–H groups in total. The van der Waals surface area contributed by atoms with Gasteiger partial charge < -0.3 is 14.4 Å². The van der Waals surface area contributed by atoms with Crippen molar-refractivity contribution in [3.8, 4) is 0 Å². The number of hydrogen-bond donors (Lipinski definition) is 1. The van der Waals surface area contributed by atoms with Crippen molar-refractivity contribution in [2.24, 2.45) is 7.05 Å². The molecule has 0 spiro atoms. The first-order chi connectivity index (χ1) is 12.5. The van der Waals surface area contributed by atoms with Crippen LogP contribution in [-0.4, -0.2) is 20.6 Å². The SMILES string of the molecule is Cc1noc(C)c1CCC(=O)NC(c1cccc(F)c1)c1nccn1C. The van der Waals surface area contributed by atoms with E-state index in [2.05, 4.69) is 15.5 Å². The minimum Gasteiger partial charge on any atom is -0.361 e. The van der Waals surface area contributed by atoms with Gasteiger partial charge in [0.05, 0.1) is 5.69 Å². The summed E-state index contributed by atoms with van der Waals surface area (Å²) in [6, 6.07) is 5.66. The highest BCUT2D eigenvalue weighted by Gasteiger charge is 2.21. The first kappa shape index (κ1) is 17.8. The molecule has 26 heavy (non-hydrogen) atoms. The maximum absolute atomic E-state index is 13.7. The highest BCUT2D eigenvalue weighted by Crippen LogP contribution is 2.22. The van der Waals surface area contributed by atoms with Crippen LogP contribution < -0.4 is 5.32 Å². The van der Waals surface area contributed by atoms with E-state index in [0.29, 0.717) is 17.8 Å². The summed E-state index contributed by atoms with van der Waals surface area (Å²) in [5.41, 5.74) is 2.38. The van der Waals surface area contributed by atoms with Gasteiger partial charge in [-0.2, -0.15) is 0 Å². The van der Waals surface area contributed by atoms with Crippen molar-refractivity contribution in [1.29, 1.82) is 0 Å². The third kappa shape index (κ3) is 3.82. The fourth-order valence-electron chi connectivity index (χ4n) is 2.97. The number of aromatic nitrogens is 3. The zero-order valence-corrected chi connectivity index (χ0v) is 15.0. The lowest BCUT2D eigenvalue weighted by atomic mass is 10.0. The minimum atomic E-state index is -0.525. The van der Waals surface area contributed by atoms with Gasteiger partial charge in [-0.05, 0) is 38.0 Å². The number of benzene rings is 1. The quantitative estimate of drug-likeness (QED) is 0.737. The van der Waals surface area contributed by atoms with Crippen LogP contribution in [-0.2, 0) is 18.3 Å². The third-order valence-corrected chi connectivity index (χ3v) is 4.39. The molecule has 1 amide bonds. The van der Waals surface area contributed by atoms with E-state index in [1.54, 1.807) is 24.5 Å². The molecule has 3 aromatic rings. The van der Waals surface area contributed by atoms with Gasteiger partial charge >= 0.3 is 0 Å². The van der Waals surface area contributed by atoms with Gasteiger partial charge in [0, 0.05) is 31.4 Å². The van der Waals surface area contributed by atoms with Gasteiger partial charge in [0.1, 0.15) is 23.4 Å². The van der Waals surface area contributed by atoms with Crippen LogP contribution in [0.15, 0.2) is 41.2 Å². The molecule has 0 fully saturated rings. The summed E-state index contributed by atoms with van der Waals surface area (Å²) in [7, 11) is 1.84. The molecule has 1 aromatic carbocycles. The second kappa shape index (κ2) is 7.51. The lowest BCUT2D eigenvalue weighted by Crippen LogP contribution is -2.31. The van der Waals surface area contributed by atoms with Crippen LogP contribution >= 0.6 is 0 Å². The van der Waals surface area contributed by atoms with Gasteiger partial charge in [-0.25, -0.2) is 9.37 Å². The van der Waals surface area contributed by atoms with E-state index in [0.717, 1.165) is 17.0 Å². The van der Waals surface area contributed by atoms with E-state index in [9.17, 15) is 9.18 Å². The first-order valence-corrected chi connectivity index (χ1v) is 8.39. The number of imidazole rings is 1. The Morgan fingerprint density at radius 2 is 2.19 bits per heavy atom. The van der Waals surface area contributed by atoms with Crippen LogP contribution in [0.25, 0.3) is 0 Å². The number of nitrogens with zero attached hydrogens (tertiary/aromatic N) is 3. The highest BCUT2D eigenvalue weighted by molar-refractivity contribution is 5.77. The topological polar surface area (TPSA) is 73.0 Å². The van der Waals surface area contributed by atoms with Gasteiger partial charge in [-0.3, -0.25) is 4.79 Å². The Labute approximate surface area is 151 Å². The molecule has 6 nitrogen and oxygen atoms in total. The minimum absolute atomic E-state index is 0.151. The largest absolute Gasteiger partial charge is 0.361 e. The molecule has 1 atom stereocenters. The number of rotatable bonds is 6. The number of aryl methyl sites for hydroxylation is 3. The second-order valence-corrected chi connectivity index (χ2v) is 6.25. The third-order valence-electron chi connectivity index (χ3n) is 4.39. The van der Waals surface area contributed by atoms with Gasteiger partial charge in [0.25, 0.3) is 0 Å². The van der Waals surface area contributed by atoms with Crippen LogP contribution in [0.4, 0.5) is 4.39 Å². The van der Waals surface area contributed by atoms with Crippen molar-refractivity contribution in [3.63, 3.8) is 0 Å². The summed E-state index contributed by atoms with van der Waals surface area (Å²) in [4.78, 5) is 16.9. The Balaban J connectivity index is 1.77. The lowest BCUT2D eigenvalue weighted by Gasteiger charge is -2.19. The van der Waals surface area contributed by atoms with Crippen molar-refractivity contribution in [1.82, 2.24) is 20.0 Å². The molecule has 136 valence electrons. The van der Waals surface area contributed by atoms with Crippen molar-refractivity contribution in [3.05, 3.63) is 70.9 Å². The number of hydrogen-bond acceptors (Lipinski definition) is 4. The molecule has 0 saturated heterocycles. The fraction of sp³-hybridized carbons (Fsp3) is 0.316. The predicted molar refractivity (Wildman–Crippen MR) is 93.9 cm³/mol. The smallest absolute Gasteiger partial charge is 0.221 e. The summed E-state index contributed by atoms with van der Waals surface area (Å²) in [6.07, 6.45) is 4.25. The normalized spacial score (nSPS) is 12.2. The van der Waals surface area contributed by atoms with E-state index in [1.807, 2.05) is 25.5 Å². The summed E-state index contributed by atoms with van der Waals surface area (Å²) in [5, 5.41) is 6.87. The Morgan fingerprint density at radius 1 is 1.38 bits per heavy atom. The maximum Gasteiger partial charge on any atom is 0.221 e. The Morgan fingerprint density at radius 3 is 2.81 bits per heavy atom. The summed E-state index contributed by atoms with van der Waals surface area (Å²) >= 11 is 0. The molecule has 0 aliphatic carbocycles. The van der Waals surface area contributed by atoms with Crippen LogP contribution in [0.2, 0.25) is 0 Å². The van der Waals surface area contributed by atoms with Crippen molar-refractivity contribution < 1.29 is 13.7 Å². The fourth-order valence-corrected chi connectivity index (χ4v) is 2.97. The van der Waals surface area contributed by atoms with Crippen LogP contribution in [0.1, 0.15) is 40.9 Å². The average molecular weight is 356 g/mol.